The van der Waals surface area contributed by atoms with Gasteiger partial charge in [-0.15, -0.1) is 0 Å². The Morgan fingerprint density at radius 1 is 1.24 bits per heavy atom. The third-order valence-electron chi connectivity index (χ3n) is 6.58. The molecule has 3 atom stereocenters. The molecule has 25 heavy (non-hydrogen) atoms. The summed E-state index contributed by atoms with van der Waals surface area (Å²) in [5.74, 6) is 1.12. The van der Waals surface area contributed by atoms with Crippen LogP contribution in [0.15, 0.2) is 12.7 Å². The molecule has 4 bridgehead atoms. The largest absolute Gasteiger partial charge is 0.347 e. The molecule has 136 valence electrons. The number of carbonyl (C=O) groups excluding carboxylic acids is 2. The van der Waals surface area contributed by atoms with E-state index in [9.17, 15) is 9.59 Å². The lowest BCUT2D eigenvalue weighted by Gasteiger charge is -2.61. The molecule has 5 rings (SSSR count). The van der Waals surface area contributed by atoms with Crippen molar-refractivity contribution >= 4 is 11.8 Å². The second-order valence-electron chi connectivity index (χ2n) is 8.73. The quantitative estimate of drug-likeness (QED) is 0.888. The van der Waals surface area contributed by atoms with Gasteiger partial charge < -0.3 is 10.2 Å². The van der Waals surface area contributed by atoms with Gasteiger partial charge in [-0.1, -0.05) is 0 Å². The number of nitrogens with one attached hydrogen (secondary N) is 1. The smallest absolute Gasteiger partial charge is 0.244 e. The lowest BCUT2D eigenvalue weighted by Crippen LogP contribution is -2.62. The van der Waals surface area contributed by atoms with E-state index in [2.05, 4.69) is 15.4 Å². The summed E-state index contributed by atoms with van der Waals surface area (Å²) in [6.45, 7) is 1.77. The van der Waals surface area contributed by atoms with Gasteiger partial charge in [0.2, 0.25) is 11.8 Å². The third-order valence-corrected chi connectivity index (χ3v) is 6.58. The molecule has 1 aromatic heterocycles. The fraction of sp³-hybridized carbons (Fsp3) is 0.778. The molecule has 0 unspecified atom stereocenters. The number of rotatable bonds is 4. The Bertz CT molecular complexity index is 670. The van der Waals surface area contributed by atoms with Gasteiger partial charge in [-0.2, -0.15) is 5.10 Å². The van der Waals surface area contributed by atoms with Crippen LogP contribution in [0.3, 0.4) is 0 Å². The van der Waals surface area contributed by atoms with Gasteiger partial charge in [-0.25, -0.2) is 9.67 Å². The first kappa shape index (κ1) is 16.5. The van der Waals surface area contributed by atoms with Crippen molar-refractivity contribution in [2.45, 2.75) is 57.0 Å². The van der Waals surface area contributed by atoms with Crippen LogP contribution >= 0.6 is 0 Å². The van der Waals surface area contributed by atoms with E-state index in [1.54, 1.807) is 33.7 Å². The van der Waals surface area contributed by atoms with Crippen molar-refractivity contribution in [1.82, 2.24) is 25.0 Å². The summed E-state index contributed by atoms with van der Waals surface area (Å²) in [5.41, 5.74) is -0.441. The second kappa shape index (κ2) is 5.54. The lowest BCUT2D eigenvalue weighted by atomic mass is 9.46. The van der Waals surface area contributed by atoms with E-state index in [0.29, 0.717) is 11.8 Å². The number of aromatic nitrogens is 3. The summed E-state index contributed by atoms with van der Waals surface area (Å²) in [6.07, 6.45) is 9.48. The molecule has 4 aliphatic rings. The van der Waals surface area contributed by atoms with Crippen LogP contribution in [0.1, 0.15) is 45.4 Å². The number of hydrogen-bond acceptors (Lipinski definition) is 4. The van der Waals surface area contributed by atoms with Gasteiger partial charge in [0.05, 0.1) is 11.0 Å². The van der Waals surface area contributed by atoms with E-state index < -0.39 is 6.04 Å². The average molecular weight is 345 g/mol. The zero-order valence-electron chi connectivity index (χ0n) is 15.2. The topological polar surface area (TPSA) is 80.1 Å². The van der Waals surface area contributed by atoms with E-state index in [1.807, 2.05) is 4.68 Å². The maximum absolute atomic E-state index is 13.2. The Labute approximate surface area is 148 Å². The van der Waals surface area contributed by atoms with Crippen LogP contribution in [0.2, 0.25) is 0 Å². The molecule has 4 fully saturated rings. The minimum atomic E-state index is -0.488. The molecule has 2 amide bonds. The van der Waals surface area contributed by atoms with Gasteiger partial charge in [0.25, 0.3) is 0 Å². The maximum Gasteiger partial charge on any atom is 0.244 e. The van der Waals surface area contributed by atoms with Crippen molar-refractivity contribution in [2.24, 2.45) is 17.3 Å². The van der Waals surface area contributed by atoms with Crippen molar-refractivity contribution in [3.05, 3.63) is 12.7 Å². The van der Waals surface area contributed by atoms with Gasteiger partial charge in [-0.05, 0) is 57.3 Å². The molecule has 7 nitrogen and oxygen atoms in total. The molecule has 1 heterocycles. The summed E-state index contributed by atoms with van der Waals surface area (Å²) in [5, 5.41) is 7.43. The van der Waals surface area contributed by atoms with Crippen LogP contribution in [0.4, 0.5) is 0 Å². The van der Waals surface area contributed by atoms with Gasteiger partial charge in [-0.3, -0.25) is 9.59 Å². The van der Waals surface area contributed by atoms with Crippen molar-refractivity contribution in [2.75, 3.05) is 14.1 Å². The molecule has 4 saturated carbocycles. The van der Waals surface area contributed by atoms with Crippen molar-refractivity contribution < 1.29 is 9.59 Å². The zero-order chi connectivity index (χ0) is 17.8. The first-order valence-electron chi connectivity index (χ1n) is 9.21. The summed E-state index contributed by atoms with van der Waals surface area (Å²) >= 11 is 0. The van der Waals surface area contributed by atoms with E-state index in [1.165, 1.54) is 11.3 Å². The van der Waals surface area contributed by atoms with Crippen LogP contribution < -0.4 is 5.32 Å². The highest BCUT2D eigenvalue weighted by Gasteiger charge is 2.61. The van der Waals surface area contributed by atoms with Gasteiger partial charge in [0.1, 0.15) is 18.7 Å². The number of amides is 2. The molecule has 0 aliphatic heterocycles. The highest BCUT2D eigenvalue weighted by atomic mass is 16.2. The molecule has 4 aliphatic carbocycles. The summed E-state index contributed by atoms with van der Waals surface area (Å²) in [6, 6.07) is -0.488. The van der Waals surface area contributed by atoms with Crippen molar-refractivity contribution in [3.63, 3.8) is 0 Å². The zero-order valence-corrected chi connectivity index (χ0v) is 15.2. The SMILES string of the molecule is C[C@@H](NC(=O)C12C[C@@H]3C[C@@H](C1)CC(n1cncn1)(C3)C2)C(=O)N(C)C. The number of likely N-dealkylation sites (N-methyl/N-ethyl adjacent to an activating group) is 1. The monoisotopic (exact) mass is 345 g/mol. The van der Waals surface area contributed by atoms with Gasteiger partial charge >= 0.3 is 0 Å². The number of nitrogens with zero attached hydrogens (tertiary/aromatic N) is 4. The van der Waals surface area contributed by atoms with Crippen LogP contribution in [0.25, 0.3) is 0 Å². The third kappa shape index (κ3) is 2.55. The van der Waals surface area contributed by atoms with Gasteiger partial charge in [0.15, 0.2) is 0 Å². The lowest BCUT2D eigenvalue weighted by molar-refractivity contribution is -0.158. The highest BCUT2D eigenvalue weighted by molar-refractivity contribution is 5.90. The molecule has 0 saturated heterocycles. The predicted molar refractivity (Wildman–Crippen MR) is 91.4 cm³/mol. The summed E-state index contributed by atoms with van der Waals surface area (Å²) in [4.78, 5) is 31.0. The molecule has 1 aromatic rings. The van der Waals surface area contributed by atoms with Crippen LogP contribution in [0, 0.1) is 17.3 Å². The normalized spacial score (nSPS) is 36.9. The number of hydrogen-bond donors (Lipinski definition) is 1. The molecule has 1 N–H and O–H groups in total. The van der Waals surface area contributed by atoms with Crippen molar-refractivity contribution in [1.29, 1.82) is 0 Å². The minimum absolute atomic E-state index is 0.0498. The Morgan fingerprint density at radius 3 is 2.48 bits per heavy atom. The van der Waals surface area contributed by atoms with E-state index in [0.717, 1.165) is 32.1 Å². The second-order valence-corrected chi connectivity index (χ2v) is 8.73. The van der Waals surface area contributed by atoms with E-state index in [-0.39, 0.29) is 22.8 Å². The molecule has 0 radical (unpaired) electrons. The summed E-state index contributed by atoms with van der Waals surface area (Å²) in [7, 11) is 3.44. The van der Waals surface area contributed by atoms with Crippen LogP contribution in [-0.4, -0.2) is 51.6 Å². The Hall–Kier alpha value is -1.92. The maximum atomic E-state index is 13.2. The number of carbonyl (C=O) groups is 2. The molecule has 7 heteroatoms. The fourth-order valence-corrected chi connectivity index (χ4v) is 6.00. The molecule has 0 spiro atoms. The molecule has 0 aromatic carbocycles. The average Bonchev–Trinajstić information content (AvgIpc) is 3.08. The molecular formula is C18H27N5O2. The highest BCUT2D eigenvalue weighted by Crippen LogP contribution is 2.64. The first-order valence-corrected chi connectivity index (χ1v) is 9.21. The van der Waals surface area contributed by atoms with E-state index >= 15 is 0 Å². The van der Waals surface area contributed by atoms with Gasteiger partial charge in [0, 0.05) is 14.1 Å². The summed E-state index contributed by atoms with van der Waals surface area (Å²) < 4.78 is 2.00. The minimum Gasteiger partial charge on any atom is -0.347 e. The molecular weight excluding hydrogens is 318 g/mol. The standard InChI is InChI=1S/C18H27N5O2/c1-12(15(24)22(2)3)21-16(25)17-5-13-4-14(6-17)8-18(7-13,9-17)23-11-19-10-20-23/h10-14H,4-9H2,1-3H3,(H,21,25)/t12-,13+,14+,17?,18?/m1/s1. The van der Waals surface area contributed by atoms with Crippen molar-refractivity contribution in [3.8, 4) is 0 Å². The fourth-order valence-electron chi connectivity index (χ4n) is 6.00. The van der Waals surface area contributed by atoms with E-state index in [4.69, 9.17) is 0 Å². The first-order chi connectivity index (χ1) is 11.8. The van der Waals surface area contributed by atoms with Crippen LogP contribution in [-0.2, 0) is 15.1 Å². The van der Waals surface area contributed by atoms with Crippen LogP contribution in [0.5, 0.6) is 0 Å². The predicted octanol–water partition coefficient (Wildman–Crippen LogP) is 1.17. The Kier molecular flexibility index (Phi) is 3.67. The Morgan fingerprint density at radius 2 is 1.92 bits per heavy atom. The Balaban J connectivity index is 1.59.